The number of hydrogen-bond acceptors (Lipinski definition) is 5. The van der Waals surface area contributed by atoms with Gasteiger partial charge in [0.2, 0.25) is 11.9 Å². The minimum atomic E-state index is -0.0717. The standard InChI is InChI=1S/C22H25N5O/c28-20-18-16-9-8-15(16)17-12-23-21(25-14-6-2-1-3-7-14)26-19(17)27(18)22(13-24-20)10-4-5-11-22/h1-3,6-7,12,15-16,18H,4-5,8-11,13H2,(H,24,28)(H,23,25,26). The van der Waals surface area contributed by atoms with Gasteiger partial charge in [0.15, 0.2) is 0 Å². The predicted molar refractivity (Wildman–Crippen MR) is 108 cm³/mol. The first-order chi connectivity index (χ1) is 13.8. The lowest BCUT2D eigenvalue weighted by Gasteiger charge is -2.59. The molecule has 3 atom stereocenters. The maximum atomic E-state index is 12.9. The molecule has 2 N–H and O–H groups in total. The maximum Gasteiger partial charge on any atom is 0.243 e. The van der Waals surface area contributed by atoms with Crippen LogP contribution in [0.15, 0.2) is 36.5 Å². The molecule has 6 nitrogen and oxygen atoms in total. The van der Waals surface area contributed by atoms with Crippen LogP contribution in [-0.4, -0.2) is 34.0 Å². The van der Waals surface area contributed by atoms with Crippen molar-refractivity contribution in [2.75, 3.05) is 16.8 Å². The summed E-state index contributed by atoms with van der Waals surface area (Å²) < 4.78 is 0. The maximum absolute atomic E-state index is 12.9. The van der Waals surface area contributed by atoms with E-state index in [-0.39, 0.29) is 17.5 Å². The molecule has 2 aliphatic heterocycles. The van der Waals surface area contributed by atoms with Crippen molar-refractivity contribution in [2.24, 2.45) is 5.92 Å². The Hall–Kier alpha value is -2.63. The highest BCUT2D eigenvalue weighted by molar-refractivity contribution is 5.89. The van der Waals surface area contributed by atoms with Gasteiger partial charge in [-0.05, 0) is 49.7 Å². The highest BCUT2D eigenvalue weighted by atomic mass is 16.2. The molecular weight excluding hydrogens is 350 g/mol. The zero-order valence-electron chi connectivity index (χ0n) is 15.9. The summed E-state index contributed by atoms with van der Waals surface area (Å²) in [5.41, 5.74) is 2.24. The number of carbonyl (C=O) groups is 1. The largest absolute Gasteiger partial charge is 0.352 e. The third-order valence-electron chi connectivity index (χ3n) is 7.37. The summed E-state index contributed by atoms with van der Waals surface area (Å²) in [5, 5.41) is 6.58. The predicted octanol–water partition coefficient (Wildman–Crippen LogP) is 3.35. The molecule has 1 aromatic heterocycles. The average Bonchev–Trinajstić information content (AvgIpc) is 3.15. The third-order valence-corrected chi connectivity index (χ3v) is 7.37. The van der Waals surface area contributed by atoms with Gasteiger partial charge in [0.05, 0.1) is 5.54 Å². The van der Waals surface area contributed by atoms with Gasteiger partial charge in [-0.25, -0.2) is 4.98 Å². The van der Waals surface area contributed by atoms with Crippen LogP contribution in [0, 0.1) is 5.92 Å². The molecule has 6 rings (SSSR count). The van der Waals surface area contributed by atoms with E-state index >= 15 is 0 Å². The number of fused-ring (bicyclic) bond motifs is 7. The van der Waals surface area contributed by atoms with E-state index in [0.29, 0.717) is 17.8 Å². The van der Waals surface area contributed by atoms with Crippen molar-refractivity contribution >= 4 is 23.4 Å². The summed E-state index contributed by atoms with van der Waals surface area (Å²) in [6, 6.07) is 9.95. The molecule has 2 aromatic rings. The molecule has 2 aliphatic carbocycles. The van der Waals surface area contributed by atoms with Crippen molar-refractivity contribution in [3.63, 3.8) is 0 Å². The van der Waals surface area contributed by atoms with Gasteiger partial charge in [0.1, 0.15) is 11.9 Å². The summed E-state index contributed by atoms with van der Waals surface area (Å²) in [6.45, 7) is 0.741. The summed E-state index contributed by atoms with van der Waals surface area (Å²) in [7, 11) is 0. The molecule has 1 aromatic carbocycles. The Morgan fingerprint density at radius 1 is 1.14 bits per heavy atom. The first-order valence-corrected chi connectivity index (χ1v) is 10.5. The molecule has 6 heteroatoms. The van der Waals surface area contributed by atoms with E-state index in [2.05, 4.69) is 20.5 Å². The quantitative estimate of drug-likeness (QED) is 0.842. The van der Waals surface area contributed by atoms with Crippen LogP contribution in [0.4, 0.5) is 17.5 Å². The molecule has 1 saturated heterocycles. The average molecular weight is 375 g/mol. The van der Waals surface area contributed by atoms with Gasteiger partial charge in [-0.15, -0.1) is 0 Å². The second-order valence-electron chi connectivity index (χ2n) is 8.78. The van der Waals surface area contributed by atoms with Crippen LogP contribution >= 0.6 is 0 Å². The van der Waals surface area contributed by atoms with Crippen molar-refractivity contribution in [3.05, 3.63) is 42.1 Å². The number of carbonyl (C=O) groups excluding carboxylic acids is 1. The minimum absolute atomic E-state index is 0.0201. The second kappa shape index (κ2) is 5.93. The number of hydrogen-bond donors (Lipinski definition) is 2. The van der Waals surface area contributed by atoms with E-state index in [9.17, 15) is 4.79 Å². The van der Waals surface area contributed by atoms with Crippen molar-refractivity contribution < 1.29 is 4.79 Å². The molecule has 144 valence electrons. The SMILES string of the molecule is O=C1NCC2(CCCC2)N2c3nc(Nc4ccccc4)ncc3C3CCC3C12. The number of benzene rings is 1. The number of amides is 1. The zero-order valence-corrected chi connectivity index (χ0v) is 15.9. The van der Waals surface area contributed by atoms with Gasteiger partial charge >= 0.3 is 0 Å². The minimum Gasteiger partial charge on any atom is -0.352 e. The second-order valence-corrected chi connectivity index (χ2v) is 8.78. The van der Waals surface area contributed by atoms with E-state index in [1.807, 2.05) is 36.5 Å². The molecule has 1 spiro atoms. The molecule has 4 aliphatic rings. The number of para-hydroxylation sites is 1. The Morgan fingerprint density at radius 2 is 1.96 bits per heavy atom. The van der Waals surface area contributed by atoms with Crippen LogP contribution in [0.25, 0.3) is 0 Å². The van der Waals surface area contributed by atoms with Gasteiger partial charge in [0.25, 0.3) is 0 Å². The van der Waals surface area contributed by atoms with Gasteiger partial charge in [0, 0.05) is 24.0 Å². The third kappa shape index (κ3) is 2.23. The fourth-order valence-electron chi connectivity index (χ4n) is 5.88. The number of piperazine rings is 1. The van der Waals surface area contributed by atoms with E-state index in [1.165, 1.54) is 18.4 Å². The number of nitrogens with one attached hydrogen (secondary N) is 2. The fraction of sp³-hybridized carbons (Fsp3) is 0.500. The molecule has 0 bridgehead atoms. The molecule has 28 heavy (non-hydrogen) atoms. The topological polar surface area (TPSA) is 70.2 Å². The highest BCUT2D eigenvalue weighted by Crippen LogP contribution is 2.56. The lowest BCUT2D eigenvalue weighted by atomic mass is 9.62. The Balaban J connectivity index is 1.46. The fourth-order valence-corrected chi connectivity index (χ4v) is 5.88. The molecular formula is C22H25N5O. The van der Waals surface area contributed by atoms with Crippen LogP contribution in [0.1, 0.15) is 50.0 Å². The van der Waals surface area contributed by atoms with E-state index in [0.717, 1.165) is 43.7 Å². The smallest absolute Gasteiger partial charge is 0.243 e. The van der Waals surface area contributed by atoms with E-state index in [4.69, 9.17) is 4.98 Å². The molecule has 3 heterocycles. The van der Waals surface area contributed by atoms with Gasteiger partial charge < -0.3 is 15.5 Å². The Bertz CT molecular complexity index is 924. The normalized spacial score (nSPS) is 29.4. The van der Waals surface area contributed by atoms with Crippen LogP contribution < -0.4 is 15.5 Å². The van der Waals surface area contributed by atoms with Crippen LogP contribution in [-0.2, 0) is 4.79 Å². The number of anilines is 3. The Labute approximate surface area is 164 Å². The van der Waals surface area contributed by atoms with Crippen molar-refractivity contribution in [1.82, 2.24) is 15.3 Å². The molecule has 0 radical (unpaired) electrons. The molecule has 3 fully saturated rings. The molecule has 2 saturated carbocycles. The van der Waals surface area contributed by atoms with Crippen molar-refractivity contribution in [3.8, 4) is 0 Å². The van der Waals surface area contributed by atoms with Gasteiger partial charge in [-0.3, -0.25) is 4.79 Å². The molecule has 3 unspecified atom stereocenters. The summed E-state index contributed by atoms with van der Waals surface area (Å²) in [5.74, 6) is 2.62. The number of nitrogens with zero attached hydrogens (tertiary/aromatic N) is 3. The summed E-state index contributed by atoms with van der Waals surface area (Å²) >= 11 is 0. The summed E-state index contributed by atoms with van der Waals surface area (Å²) in [4.78, 5) is 25.0. The lowest BCUT2D eigenvalue weighted by molar-refractivity contribution is -0.127. The lowest BCUT2D eigenvalue weighted by Crippen LogP contribution is -2.72. The highest BCUT2D eigenvalue weighted by Gasteiger charge is 2.58. The van der Waals surface area contributed by atoms with Crippen LogP contribution in [0.2, 0.25) is 0 Å². The zero-order chi connectivity index (χ0) is 18.7. The summed E-state index contributed by atoms with van der Waals surface area (Å²) in [6.07, 6.45) is 8.98. The first-order valence-electron chi connectivity index (χ1n) is 10.5. The van der Waals surface area contributed by atoms with Crippen LogP contribution in [0.3, 0.4) is 0 Å². The first kappa shape index (κ1) is 16.3. The number of aromatic nitrogens is 2. The van der Waals surface area contributed by atoms with Crippen molar-refractivity contribution in [2.45, 2.75) is 56.0 Å². The Kier molecular flexibility index (Phi) is 3.46. The van der Waals surface area contributed by atoms with E-state index in [1.54, 1.807) is 0 Å². The number of rotatable bonds is 2. The van der Waals surface area contributed by atoms with E-state index < -0.39 is 0 Å². The monoisotopic (exact) mass is 375 g/mol. The van der Waals surface area contributed by atoms with Crippen molar-refractivity contribution in [1.29, 1.82) is 0 Å². The van der Waals surface area contributed by atoms with Crippen LogP contribution in [0.5, 0.6) is 0 Å². The molecule has 1 amide bonds. The van der Waals surface area contributed by atoms with Gasteiger partial charge in [-0.1, -0.05) is 31.0 Å². The van der Waals surface area contributed by atoms with Gasteiger partial charge in [-0.2, -0.15) is 4.98 Å². The Morgan fingerprint density at radius 3 is 2.71 bits per heavy atom.